The third kappa shape index (κ3) is 4.77. The second-order valence-corrected chi connectivity index (χ2v) is 8.44. The van der Waals surface area contributed by atoms with Gasteiger partial charge in [-0.05, 0) is 56.5 Å². The smallest absolute Gasteiger partial charge is 0.240 e. The average molecular weight is 369 g/mol. The van der Waals surface area contributed by atoms with E-state index in [1.807, 2.05) is 4.90 Å². The summed E-state index contributed by atoms with van der Waals surface area (Å²) in [5.41, 5.74) is 0. The molecule has 0 spiro atoms. The van der Waals surface area contributed by atoms with Gasteiger partial charge in [0.2, 0.25) is 15.9 Å². The molecule has 2 N–H and O–H groups in total. The quantitative estimate of drug-likeness (QED) is 0.819. The van der Waals surface area contributed by atoms with Gasteiger partial charge in [0.15, 0.2) is 0 Å². The highest BCUT2D eigenvalue weighted by atomic mass is 32.2. The first kappa shape index (κ1) is 18.3. The van der Waals surface area contributed by atoms with E-state index in [1.165, 1.54) is 12.1 Å². The molecule has 1 aromatic carbocycles. The number of rotatable bonds is 5. The number of halogens is 1. The number of carbonyl (C=O) groups is 1. The van der Waals surface area contributed by atoms with E-state index >= 15 is 0 Å². The first-order valence-corrected chi connectivity index (χ1v) is 10.2. The van der Waals surface area contributed by atoms with Gasteiger partial charge in [0.1, 0.15) is 5.82 Å². The van der Waals surface area contributed by atoms with Crippen LogP contribution in [-0.4, -0.2) is 50.9 Å². The Morgan fingerprint density at radius 2 is 1.88 bits per heavy atom. The van der Waals surface area contributed by atoms with Crippen LogP contribution in [0, 0.1) is 5.82 Å². The van der Waals surface area contributed by atoms with E-state index in [0.717, 1.165) is 31.5 Å². The number of likely N-dealkylation sites (tertiary alicyclic amines) is 1. The molecule has 0 bridgehead atoms. The minimum atomic E-state index is -3.66. The number of hydrogen-bond acceptors (Lipinski definition) is 4. The molecule has 2 aliphatic heterocycles. The molecular formula is C17H24FN3O3S. The molecule has 1 unspecified atom stereocenters. The number of hydrogen-bond donors (Lipinski definition) is 2. The summed E-state index contributed by atoms with van der Waals surface area (Å²) in [6.45, 7) is 2.09. The lowest BCUT2D eigenvalue weighted by Gasteiger charge is -2.33. The van der Waals surface area contributed by atoms with Gasteiger partial charge >= 0.3 is 0 Å². The average Bonchev–Trinajstić information content (AvgIpc) is 3.08. The molecule has 0 radical (unpaired) electrons. The number of sulfonamides is 1. The highest BCUT2D eigenvalue weighted by Crippen LogP contribution is 2.17. The SMILES string of the molecule is O=C(CC1CCCN1)N1CCC(NS(=O)(=O)c2ccc(F)cc2)CC1. The summed E-state index contributed by atoms with van der Waals surface area (Å²) < 4.78 is 40.3. The fourth-order valence-corrected chi connectivity index (χ4v) is 4.72. The Bertz CT molecular complexity index is 694. The zero-order valence-corrected chi connectivity index (χ0v) is 14.9. The Labute approximate surface area is 147 Å². The minimum absolute atomic E-state index is 0.0553. The molecule has 2 heterocycles. The largest absolute Gasteiger partial charge is 0.343 e. The fraction of sp³-hybridized carbons (Fsp3) is 0.588. The van der Waals surface area contributed by atoms with Crippen molar-refractivity contribution in [2.75, 3.05) is 19.6 Å². The molecule has 0 aromatic heterocycles. The molecule has 2 aliphatic rings. The van der Waals surface area contributed by atoms with Crippen molar-refractivity contribution in [3.8, 4) is 0 Å². The van der Waals surface area contributed by atoms with Gasteiger partial charge in [0.25, 0.3) is 0 Å². The van der Waals surface area contributed by atoms with Crippen molar-refractivity contribution in [2.45, 2.75) is 49.1 Å². The van der Waals surface area contributed by atoms with Gasteiger partial charge in [-0.3, -0.25) is 4.79 Å². The highest BCUT2D eigenvalue weighted by Gasteiger charge is 2.28. The van der Waals surface area contributed by atoms with E-state index < -0.39 is 15.8 Å². The van der Waals surface area contributed by atoms with Gasteiger partial charge in [-0.2, -0.15) is 0 Å². The zero-order chi connectivity index (χ0) is 17.9. The van der Waals surface area contributed by atoms with Gasteiger partial charge in [-0.1, -0.05) is 0 Å². The van der Waals surface area contributed by atoms with Crippen LogP contribution in [0.3, 0.4) is 0 Å². The van der Waals surface area contributed by atoms with Crippen molar-refractivity contribution in [3.63, 3.8) is 0 Å². The van der Waals surface area contributed by atoms with Gasteiger partial charge in [0, 0.05) is 31.6 Å². The third-order valence-electron chi connectivity index (χ3n) is 4.88. The van der Waals surface area contributed by atoms with Crippen LogP contribution in [0.25, 0.3) is 0 Å². The number of benzene rings is 1. The van der Waals surface area contributed by atoms with Crippen molar-refractivity contribution >= 4 is 15.9 Å². The Hall–Kier alpha value is -1.51. The Morgan fingerprint density at radius 1 is 1.20 bits per heavy atom. The lowest BCUT2D eigenvalue weighted by molar-refractivity contribution is -0.132. The Morgan fingerprint density at radius 3 is 2.48 bits per heavy atom. The molecule has 3 rings (SSSR count). The van der Waals surface area contributed by atoms with Crippen LogP contribution >= 0.6 is 0 Å². The van der Waals surface area contributed by atoms with E-state index in [1.54, 1.807) is 0 Å². The van der Waals surface area contributed by atoms with Gasteiger partial charge < -0.3 is 10.2 Å². The summed E-state index contributed by atoms with van der Waals surface area (Å²) in [7, 11) is -3.66. The van der Waals surface area contributed by atoms with Crippen LogP contribution in [0.4, 0.5) is 4.39 Å². The maximum absolute atomic E-state index is 12.9. The first-order valence-electron chi connectivity index (χ1n) is 8.73. The zero-order valence-electron chi connectivity index (χ0n) is 14.1. The normalized spacial score (nSPS) is 22.3. The van der Waals surface area contributed by atoms with Crippen molar-refractivity contribution < 1.29 is 17.6 Å². The highest BCUT2D eigenvalue weighted by molar-refractivity contribution is 7.89. The van der Waals surface area contributed by atoms with Crippen molar-refractivity contribution in [3.05, 3.63) is 30.1 Å². The second-order valence-electron chi connectivity index (χ2n) is 6.73. The van der Waals surface area contributed by atoms with E-state index in [-0.39, 0.29) is 22.9 Å². The summed E-state index contributed by atoms with van der Waals surface area (Å²) in [6, 6.07) is 4.85. The number of carbonyl (C=O) groups excluding carboxylic acids is 1. The van der Waals surface area contributed by atoms with Crippen LogP contribution in [0.5, 0.6) is 0 Å². The van der Waals surface area contributed by atoms with Crippen LogP contribution in [0.1, 0.15) is 32.1 Å². The lowest BCUT2D eigenvalue weighted by atomic mass is 10.0. The van der Waals surface area contributed by atoms with Crippen LogP contribution in [-0.2, 0) is 14.8 Å². The van der Waals surface area contributed by atoms with Gasteiger partial charge in [-0.15, -0.1) is 0 Å². The maximum Gasteiger partial charge on any atom is 0.240 e. The van der Waals surface area contributed by atoms with Crippen molar-refractivity contribution in [1.29, 1.82) is 0 Å². The summed E-state index contributed by atoms with van der Waals surface area (Å²) in [4.78, 5) is 14.2. The molecular weight excluding hydrogens is 345 g/mol. The summed E-state index contributed by atoms with van der Waals surface area (Å²) in [5.74, 6) is -0.332. The third-order valence-corrected chi connectivity index (χ3v) is 6.41. The molecule has 2 saturated heterocycles. The van der Waals surface area contributed by atoms with E-state index in [9.17, 15) is 17.6 Å². The molecule has 25 heavy (non-hydrogen) atoms. The second kappa shape index (κ2) is 7.80. The monoisotopic (exact) mass is 369 g/mol. The first-order chi connectivity index (χ1) is 11.9. The summed E-state index contributed by atoms with van der Waals surface area (Å²) in [6.07, 6.45) is 3.85. The number of nitrogens with one attached hydrogen (secondary N) is 2. The number of nitrogens with zero attached hydrogens (tertiary/aromatic N) is 1. The van der Waals surface area contributed by atoms with Gasteiger partial charge in [-0.25, -0.2) is 17.5 Å². The molecule has 1 atom stereocenters. The predicted molar refractivity (Wildman–Crippen MR) is 92.0 cm³/mol. The Balaban J connectivity index is 1.50. The molecule has 1 amide bonds. The molecule has 2 fully saturated rings. The molecule has 138 valence electrons. The number of piperidine rings is 1. The molecule has 8 heteroatoms. The van der Waals surface area contributed by atoms with Crippen molar-refractivity contribution in [2.24, 2.45) is 0 Å². The lowest BCUT2D eigenvalue weighted by Crippen LogP contribution is -2.47. The summed E-state index contributed by atoms with van der Waals surface area (Å²) in [5, 5.41) is 3.32. The molecule has 6 nitrogen and oxygen atoms in total. The topological polar surface area (TPSA) is 78.5 Å². The van der Waals surface area contributed by atoms with Crippen LogP contribution < -0.4 is 10.0 Å². The van der Waals surface area contributed by atoms with Crippen LogP contribution in [0.2, 0.25) is 0 Å². The molecule has 0 saturated carbocycles. The minimum Gasteiger partial charge on any atom is -0.343 e. The molecule has 0 aliphatic carbocycles. The summed E-state index contributed by atoms with van der Waals surface area (Å²) >= 11 is 0. The fourth-order valence-electron chi connectivity index (χ4n) is 3.42. The Kier molecular flexibility index (Phi) is 5.71. The van der Waals surface area contributed by atoms with E-state index in [0.29, 0.717) is 32.4 Å². The van der Waals surface area contributed by atoms with E-state index in [2.05, 4.69) is 10.0 Å². The van der Waals surface area contributed by atoms with Crippen LogP contribution in [0.15, 0.2) is 29.2 Å². The predicted octanol–water partition coefficient (Wildman–Crippen LogP) is 1.24. The van der Waals surface area contributed by atoms with Crippen molar-refractivity contribution in [1.82, 2.24) is 14.9 Å². The van der Waals surface area contributed by atoms with Gasteiger partial charge in [0.05, 0.1) is 4.90 Å². The molecule has 1 aromatic rings. The standard InChI is InChI=1S/C17H24FN3O3S/c18-13-3-5-16(6-4-13)25(23,24)20-14-7-10-21(11-8-14)17(22)12-15-2-1-9-19-15/h3-6,14-15,19-20H,1-2,7-12H2. The van der Waals surface area contributed by atoms with E-state index in [4.69, 9.17) is 0 Å². The maximum atomic E-state index is 12.9. The number of amides is 1.